The van der Waals surface area contributed by atoms with E-state index in [0.29, 0.717) is 14.5 Å². The number of nitro groups is 1. The molecular weight excluding hydrogens is 350 g/mol. The Labute approximate surface area is 138 Å². The van der Waals surface area contributed by atoms with Gasteiger partial charge in [0.25, 0.3) is 5.69 Å². The Kier molecular flexibility index (Phi) is 5.52. The summed E-state index contributed by atoms with van der Waals surface area (Å²) in [5.41, 5.74) is -0.146. The van der Waals surface area contributed by atoms with Crippen LogP contribution in [0.1, 0.15) is 0 Å². The summed E-state index contributed by atoms with van der Waals surface area (Å²) < 4.78 is 0.625. The minimum absolute atomic E-state index is 0.0576. The molecule has 0 saturated carbocycles. The fourth-order valence-corrected chi connectivity index (χ4v) is 3.13. The Balaban J connectivity index is 2.00. The molecule has 0 bridgehead atoms. The van der Waals surface area contributed by atoms with Crippen LogP contribution < -0.4 is 10.6 Å². The number of nitrogens with one attached hydrogen (secondary N) is 2. The molecule has 2 N–H and O–H groups in total. The molecule has 22 heavy (non-hydrogen) atoms. The number of carbonyl (C=O) groups excluding carboxylic acids is 1. The van der Waals surface area contributed by atoms with Gasteiger partial charge in [-0.25, -0.2) is 0 Å². The topological polar surface area (TPSA) is 110 Å². The molecule has 0 atom stereocenters. The number of anilines is 2. The standard InChI is InChI=1S/C11H10ClN5O3S2/c1-13-10-15-16-11(22-10)21-5-9(18)14-7-4-6(12)2-3-8(7)17(19)20/h2-4H,5H2,1H3,(H,13,15)(H,14,18). The van der Waals surface area contributed by atoms with E-state index in [9.17, 15) is 14.9 Å². The summed E-state index contributed by atoms with van der Waals surface area (Å²) >= 11 is 8.30. The van der Waals surface area contributed by atoms with Crippen LogP contribution in [-0.2, 0) is 4.79 Å². The van der Waals surface area contributed by atoms with Crippen LogP contribution in [0, 0.1) is 10.1 Å². The first-order chi connectivity index (χ1) is 10.5. The fourth-order valence-electron chi connectivity index (χ4n) is 1.45. The van der Waals surface area contributed by atoms with Crippen LogP contribution in [0.2, 0.25) is 5.02 Å². The number of carbonyl (C=O) groups is 1. The number of nitrogens with zero attached hydrogens (tertiary/aromatic N) is 3. The number of thioether (sulfide) groups is 1. The van der Waals surface area contributed by atoms with E-state index in [1.54, 1.807) is 7.05 Å². The third-order valence-corrected chi connectivity index (χ3v) is 4.69. The van der Waals surface area contributed by atoms with Gasteiger partial charge in [0.2, 0.25) is 11.0 Å². The second-order valence-electron chi connectivity index (χ2n) is 3.88. The number of nitro benzene ring substituents is 1. The highest BCUT2D eigenvalue weighted by Gasteiger charge is 2.16. The average Bonchev–Trinajstić information content (AvgIpc) is 2.93. The van der Waals surface area contributed by atoms with E-state index in [2.05, 4.69) is 20.8 Å². The van der Waals surface area contributed by atoms with Gasteiger partial charge in [-0.1, -0.05) is 34.7 Å². The van der Waals surface area contributed by atoms with Crippen LogP contribution in [-0.4, -0.2) is 33.8 Å². The second-order valence-corrected chi connectivity index (χ2v) is 6.51. The number of hydrogen-bond acceptors (Lipinski definition) is 8. The molecule has 0 radical (unpaired) electrons. The molecule has 2 rings (SSSR count). The van der Waals surface area contributed by atoms with Gasteiger partial charge in [0.1, 0.15) is 5.69 Å². The number of amides is 1. The SMILES string of the molecule is CNc1nnc(SCC(=O)Nc2cc(Cl)ccc2[N+](=O)[O-])s1. The van der Waals surface area contributed by atoms with Crippen LogP contribution in [0.3, 0.4) is 0 Å². The molecule has 0 saturated heterocycles. The summed E-state index contributed by atoms with van der Waals surface area (Å²) in [4.78, 5) is 22.2. The number of benzene rings is 1. The van der Waals surface area contributed by atoms with Crippen molar-refractivity contribution in [2.75, 3.05) is 23.4 Å². The third kappa shape index (κ3) is 4.29. The second kappa shape index (κ2) is 7.38. The number of halogens is 1. The largest absolute Gasteiger partial charge is 0.363 e. The maximum Gasteiger partial charge on any atom is 0.292 e. The Morgan fingerprint density at radius 1 is 1.50 bits per heavy atom. The molecule has 1 aromatic heterocycles. The van der Waals surface area contributed by atoms with Gasteiger partial charge in [0.05, 0.1) is 10.7 Å². The van der Waals surface area contributed by atoms with E-state index in [1.807, 2.05) is 0 Å². The highest BCUT2D eigenvalue weighted by Crippen LogP contribution is 2.29. The highest BCUT2D eigenvalue weighted by atomic mass is 35.5. The van der Waals surface area contributed by atoms with Gasteiger partial charge in [-0.2, -0.15) is 0 Å². The summed E-state index contributed by atoms with van der Waals surface area (Å²) in [6.45, 7) is 0. The zero-order chi connectivity index (χ0) is 16.1. The van der Waals surface area contributed by atoms with Gasteiger partial charge < -0.3 is 10.6 Å². The Bertz CT molecular complexity index is 709. The molecule has 0 aliphatic carbocycles. The lowest BCUT2D eigenvalue weighted by molar-refractivity contribution is -0.383. The maximum absolute atomic E-state index is 11.9. The van der Waals surface area contributed by atoms with Crippen LogP contribution >= 0.6 is 34.7 Å². The van der Waals surface area contributed by atoms with E-state index < -0.39 is 10.8 Å². The van der Waals surface area contributed by atoms with Crippen molar-refractivity contribution < 1.29 is 9.72 Å². The van der Waals surface area contributed by atoms with Crippen LogP contribution in [0.25, 0.3) is 0 Å². The van der Waals surface area contributed by atoms with Crippen molar-refractivity contribution in [1.82, 2.24) is 10.2 Å². The summed E-state index contributed by atoms with van der Waals surface area (Å²) in [6, 6.07) is 3.98. The van der Waals surface area contributed by atoms with Crippen molar-refractivity contribution in [3.8, 4) is 0 Å². The molecule has 1 aromatic carbocycles. The van der Waals surface area contributed by atoms with Crippen LogP contribution in [0.5, 0.6) is 0 Å². The van der Waals surface area contributed by atoms with E-state index in [-0.39, 0.29) is 17.1 Å². The van der Waals surface area contributed by atoms with Gasteiger partial charge in [0, 0.05) is 18.1 Å². The lowest BCUT2D eigenvalue weighted by Crippen LogP contribution is -2.15. The monoisotopic (exact) mass is 359 g/mol. The molecule has 0 unspecified atom stereocenters. The van der Waals surface area contributed by atoms with Crippen molar-refractivity contribution >= 4 is 57.1 Å². The first kappa shape index (κ1) is 16.5. The summed E-state index contributed by atoms with van der Waals surface area (Å²) in [5, 5.41) is 24.9. The van der Waals surface area contributed by atoms with E-state index in [4.69, 9.17) is 11.6 Å². The molecule has 1 heterocycles. The third-order valence-electron chi connectivity index (χ3n) is 2.38. The molecule has 2 aromatic rings. The van der Waals surface area contributed by atoms with Crippen molar-refractivity contribution in [2.45, 2.75) is 4.34 Å². The van der Waals surface area contributed by atoms with Gasteiger partial charge >= 0.3 is 0 Å². The smallest absolute Gasteiger partial charge is 0.292 e. The normalized spacial score (nSPS) is 10.3. The lowest BCUT2D eigenvalue weighted by atomic mass is 10.2. The zero-order valence-electron chi connectivity index (χ0n) is 11.2. The van der Waals surface area contributed by atoms with Gasteiger partial charge in [-0.15, -0.1) is 10.2 Å². The molecule has 11 heteroatoms. The van der Waals surface area contributed by atoms with Crippen molar-refractivity contribution in [3.05, 3.63) is 33.3 Å². The first-order valence-corrected chi connectivity index (χ1v) is 8.05. The Hall–Kier alpha value is -1.91. The number of hydrogen-bond donors (Lipinski definition) is 2. The van der Waals surface area contributed by atoms with Crippen molar-refractivity contribution in [1.29, 1.82) is 0 Å². The Morgan fingerprint density at radius 3 is 2.91 bits per heavy atom. The predicted octanol–water partition coefficient (Wildman–Crippen LogP) is 2.87. The fraction of sp³-hybridized carbons (Fsp3) is 0.182. The van der Waals surface area contributed by atoms with Crippen molar-refractivity contribution in [2.24, 2.45) is 0 Å². The minimum atomic E-state index is -0.580. The molecule has 0 fully saturated rings. The first-order valence-electron chi connectivity index (χ1n) is 5.87. The van der Waals surface area contributed by atoms with Crippen LogP contribution in [0.15, 0.2) is 22.5 Å². The van der Waals surface area contributed by atoms with Gasteiger partial charge in [0.15, 0.2) is 4.34 Å². The molecule has 116 valence electrons. The summed E-state index contributed by atoms with van der Waals surface area (Å²) in [5.74, 6) is -0.335. The van der Waals surface area contributed by atoms with Gasteiger partial charge in [-0.3, -0.25) is 14.9 Å². The molecule has 8 nitrogen and oxygen atoms in total. The molecular formula is C11H10ClN5O3S2. The minimum Gasteiger partial charge on any atom is -0.363 e. The van der Waals surface area contributed by atoms with E-state index in [0.717, 1.165) is 0 Å². The molecule has 1 amide bonds. The summed E-state index contributed by atoms with van der Waals surface area (Å²) in [6.07, 6.45) is 0. The molecule has 0 aliphatic heterocycles. The quantitative estimate of drug-likeness (QED) is 0.463. The summed E-state index contributed by atoms with van der Waals surface area (Å²) in [7, 11) is 1.72. The van der Waals surface area contributed by atoms with E-state index in [1.165, 1.54) is 41.3 Å². The lowest BCUT2D eigenvalue weighted by Gasteiger charge is -2.05. The Morgan fingerprint density at radius 2 is 2.27 bits per heavy atom. The van der Waals surface area contributed by atoms with Crippen molar-refractivity contribution in [3.63, 3.8) is 0 Å². The maximum atomic E-state index is 11.9. The average molecular weight is 360 g/mol. The number of aromatic nitrogens is 2. The van der Waals surface area contributed by atoms with E-state index >= 15 is 0 Å². The number of rotatable bonds is 6. The van der Waals surface area contributed by atoms with Crippen LogP contribution in [0.4, 0.5) is 16.5 Å². The molecule has 0 aliphatic rings. The molecule has 0 spiro atoms. The zero-order valence-corrected chi connectivity index (χ0v) is 13.6. The predicted molar refractivity (Wildman–Crippen MR) is 86.9 cm³/mol. The van der Waals surface area contributed by atoms with Gasteiger partial charge in [-0.05, 0) is 12.1 Å². The highest BCUT2D eigenvalue weighted by molar-refractivity contribution is 8.01.